The Labute approximate surface area is 106 Å². The number of aliphatic carboxylic acids is 1. The molecule has 4 nitrogen and oxygen atoms in total. The van der Waals surface area contributed by atoms with Crippen molar-refractivity contribution < 1.29 is 14.7 Å². The molecule has 0 aliphatic carbocycles. The maximum Gasteiger partial charge on any atom is 0.308 e. The summed E-state index contributed by atoms with van der Waals surface area (Å²) in [5, 5.41) is 8.88. The van der Waals surface area contributed by atoms with Crippen molar-refractivity contribution in [3.8, 4) is 0 Å². The van der Waals surface area contributed by atoms with Crippen molar-refractivity contribution in [3.63, 3.8) is 0 Å². The molecule has 0 radical (unpaired) electrons. The number of rotatable bonds is 4. The molecule has 0 spiro atoms. The van der Waals surface area contributed by atoms with Crippen molar-refractivity contribution in [2.45, 2.75) is 19.3 Å². The molecule has 0 aromatic heterocycles. The average molecular weight is 247 g/mol. The molecule has 1 atom stereocenters. The van der Waals surface area contributed by atoms with Gasteiger partial charge in [-0.25, -0.2) is 0 Å². The fourth-order valence-electron chi connectivity index (χ4n) is 2.24. The van der Waals surface area contributed by atoms with Gasteiger partial charge in [-0.15, -0.1) is 0 Å². The summed E-state index contributed by atoms with van der Waals surface area (Å²) in [6.45, 7) is 0.938. The first-order valence-electron chi connectivity index (χ1n) is 6.21. The Hall–Kier alpha value is -1.84. The van der Waals surface area contributed by atoms with E-state index < -0.39 is 5.97 Å². The van der Waals surface area contributed by atoms with Crippen LogP contribution in [-0.4, -0.2) is 35.0 Å². The maximum atomic E-state index is 11.9. The number of carbonyl (C=O) groups excluding carboxylic acids is 1. The highest BCUT2D eigenvalue weighted by Gasteiger charge is 2.30. The van der Waals surface area contributed by atoms with E-state index in [0.717, 1.165) is 5.56 Å². The number of nitrogens with zero attached hydrogens (tertiary/aromatic N) is 1. The molecule has 1 aliphatic rings. The minimum Gasteiger partial charge on any atom is -0.481 e. The highest BCUT2D eigenvalue weighted by atomic mass is 16.4. The molecule has 96 valence electrons. The number of amides is 1. The second-order valence-electron chi connectivity index (χ2n) is 4.65. The maximum absolute atomic E-state index is 11.9. The molecule has 0 saturated carbocycles. The Kier molecular flexibility index (Phi) is 3.97. The first kappa shape index (κ1) is 12.6. The smallest absolute Gasteiger partial charge is 0.308 e. The van der Waals surface area contributed by atoms with Gasteiger partial charge in [-0.3, -0.25) is 9.59 Å². The highest BCUT2D eigenvalue weighted by Crippen LogP contribution is 2.17. The lowest BCUT2D eigenvalue weighted by atomic mass is 10.1. The van der Waals surface area contributed by atoms with Crippen molar-refractivity contribution >= 4 is 11.9 Å². The van der Waals surface area contributed by atoms with Crippen molar-refractivity contribution in [2.75, 3.05) is 13.1 Å². The molecule has 1 N–H and O–H groups in total. The van der Waals surface area contributed by atoms with Crippen LogP contribution in [0, 0.1) is 5.92 Å². The second kappa shape index (κ2) is 5.67. The molecular formula is C14H17NO3. The predicted molar refractivity (Wildman–Crippen MR) is 67.1 cm³/mol. The van der Waals surface area contributed by atoms with E-state index in [4.69, 9.17) is 5.11 Å². The summed E-state index contributed by atoms with van der Waals surface area (Å²) in [7, 11) is 0. The molecule has 0 bridgehead atoms. The lowest BCUT2D eigenvalue weighted by Gasteiger charge is -2.15. The molecule has 1 aromatic rings. The molecule has 1 saturated heterocycles. The van der Waals surface area contributed by atoms with Crippen LogP contribution in [0.3, 0.4) is 0 Å². The van der Waals surface area contributed by atoms with E-state index in [0.29, 0.717) is 32.4 Å². The Bertz CT molecular complexity index is 430. The lowest BCUT2D eigenvalue weighted by molar-refractivity contribution is -0.141. The first-order valence-corrected chi connectivity index (χ1v) is 6.21. The van der Waals surface area contributed by atoms with Gasteiger partial charge >= 0.3 is 5.97 Å². The second-order valence-corrected chi connectivity index (χ2v) is 4.65. The Morgan fingerprint density at radius 3 is 2.61 bits per heavy atom. The van der Waals surface area contributed by atoms with Crippen LogP contribution >= 0.6 is 0 Å². The predicted octanol–water partition coefficient (Wildman–Crippen LogP) is 1.55. The summed E-state index contributed by atoms with van der Waals surface area (Å²) in [5.74, 6) is -1.12. The lowest BCUT2D eigenvalue weighted by Crippen LogP contribution is -2.30. The van der Waals surface area contributed by atoms with Gasteiger partial charge in [0, 0.05) is 19.5 Å². The summed E-state index contributed by atoms with van der Waals surface area (Å²) in [5.41, 5.74) is 1.14. The van der Waals surface area contributed by atoms with E-state index in [1.807, 2.05) is 30.3 Å². The van der Waals surface area contributed by atoms with Crippen LogP contribution in [0.2, 0.25) is 0 Å². The first-order chi connectivity index (χ1) is 8.66. The van der Waals surface area contributed by atoms with Crippen molar-refractivity contribution in [1.82, 2.24) is 4.90 Å². The van der Waals surface area contributed by atoms with E-state index in [1.165, 1.54) is 0 Å². The number of benzene rings is 1. The average Bonchev–Trinajstić information content (AvgIpc) is 2.87. The van der Waals surface area contributed by atoms with Crippen LogP contribution in [0.1, 0.15) is 18.4 Å². The van der Waals surface area contributed by atoms with Crippen molar-refractivity contribution in [3.05, 3.63) is 35.9 Å². The van der Waals surface area contributed by atoms with Crippen molar-refractivity contribution in [2.24, 2.45) is 5.92 Å². The molecule has 2 rings (SSSR count). The standard InChI is InChI=1S/C14H17NO3/c16-13(7-6-11-4-2-1-3-5-11)15-9-8-12(10-15)14(17)18/h1-5,12H,6-10H2,(H,17,18). The molecule has 18 heavy (non-hydrogen) atoms. The number of carboxylic acid groups (broad SMARTS) is 1. The van der Waals surface area contributed by atoms with Crippen LogP contribution in [0.15, 0.2) is 30.3 Å². The Morgan fingerprint density at radius 2 is 2.00 bits per heavy atom. The summed E-state index contributed by atoms with van der Waals surface area (Å²) in [6, 6.07) is 9.85. The normalized spacial score (nSPS) is 18.9. The molecule has 1 aromatic carbocycles. The van der Waals surface area contributed by atoms with Crippen LogP contribution in [0.25, 0.3) is 0 Å². The molecular weight excluding hydrogens is 230 g/mol. The number of hydrogen-bond donors (Lipinski definition) is 1. The van der Waals surface area contributed by atoms with Gasteiger partial charge in [0.2, 0.25) is 5.91 Å². The Morgan fingerprint density at radius 1 is 1.28 bits per heavy atom. The van der Waals surface area contributed by atoms with Gasteiger partial charge < -0.3 is 10.0 Å². The van der Waals surface area contributed by atoms with E-state index >= 15 is 0 Å². The van der Waals surface area contributed by atoms with Crippen LogP contribution in [0.5, 0.6) is 0 Å². The van der Waals surface area contributed by atoms with Gasteiger partial charge in [0.05, 0.1) is 5.92 Å². The molecule has 1 unspecified atom stereocenters. The minimum atomic E-state index is -0.798. The quantitative estimate of drug-likeness (QED) is 0.878. The third-order valence-corrected chi connectivity index (χ3v) is 3.36. The largest absolute Gasteiger partial charge is 0.481 e. The highest BCUT2D eigenvalue weighted by molar-refractivity contribution is 5.78. The van der Waals surface area contributed by atoms with Gasteiger partial charge in [-0.05, 0) is 18.4 Å². The molecule has 1 aliphatic heterocycles. The summed E-state index contributed by atoms with van der Waals surface area (Å²) >= 11 is 0. The topological polar surface area (TPSA) is 57.6 Å². The molecule has 1 fully saturated rings. The van der Waals surface area contributed by atoms with Gasteiger partial charge in [0.25, 0.3) is 0 Å². The van der Waals surface area contributed by atoms with Gasteiger partial charge in [-0.2, -0.15) is 0 Å². The fourth-order valence-corrected chi connectivity index (χ4v) is 2.24. The van der Waals surface area contributed by atoms with Crippen LogP contribution in [0.4, 0.5) is 0 Å². The number of hydrogen-bond acceptors (Lipinski definition) is 2. The third-order valence-electron chi connectivity index (χ3n) is 3.36. The Balaban J connectivity index is 1.81. The zero-order valence-corrected chi connectivity index (χ0v) is 10.2. The van der Waals surface area contributed by atoms with E-state index in [-0.39, 0.29) is 11.8 Å². The zero-order valence-electron chi connectivity index (χ0n) is 10.2. The molecule has 1 amide bonds. The van der Waals surface area contributed by atoms with Gasteiger partial charge in [0.1, 0.15) is 0 Å². The number of carboxylic acids is 1. The summed E-state index contributed by atoms with van der Waals surface area (Å²) < 4.78 is 0. The van der Waals surface area contributed by atoms with E-state index in [9.17, 15) is 9.59 Å². The van der Waals surface area contributed by atoms with Crippen LogP contribution in [-0.2, 0) is 16.0 Å². The monoisotopic (exact) mass is 247 g/mol. The fraction of sp³-hybridized carbons (Fsp3) is 0.429. The molecule has 1 heterocycles. The summed E-state index contributed by atoms with van der Waals surface area (Å²) in [4.78, 5) is 24.4. The number of likely N-dealkylation sites (tertiary alicyclic amines) is 1. The minimum absolute atomic E-state index is 0.0580. The number of aryl methyl sites for hydroxylation is 1. The van der Waals surface area contributed by atoms with Gasteiger partial charge in [-0.1, -0.05) is 30.3 Å². The van der Waals surface area contributed by atoms with Crippen LogP contribution < -0.4 is 0 Å². The van der Waals surface area contributed by atoms with Crippen molar-refractivity contribution in [1.29, 1.82) is 0 Å². The van der Waals surface area contributed by atoms with E-state index in [2.05, 4.69) is 0 Å². The summed E-state index contributed by atoms with van der Waals surface area (Å²) in [6.07, 6.45) is 1.75. The molecule has 4 heteroatoms. The number of carbonyl (C=O) groups is 2. The van der Waals surface area contributed by atoms with E-state index in [1.54, 1.807) is 4.90 Å². The third kappa shape index (κ3) is 3.09. The van der Waals surface area contributed by atoms with Gasteiger partial charge in [0.15, 0.2) is 0 Å². The zero-order chi connectivity index (χ0) is 13.0. The SMILES string of the molecule is O=C(O)C1CCN(C(=O)CCc2ccccc2)C1.